The van der Waals surface area contributed by atoms with Crippen LogP contribution < -0.4 is 5.32 Å². The van der Waals surface area contributed by atoms with Gasteiger partial charge in [-0.3, -0.25) is 4.79 Å². The van der Waals surface area contributed by atoms with Crippen molar-refractivity contribution in [2.24, 2.45) is 0 Å². The Morgan fingerprint density at radius 3 is 2.62 bits per heavy atom. The monoisotopic (exact) mass is 228 g/mol. The molecule has 0 bridgehead atoms. The Balaban J connectivity index is 2.54. The molecule has 1 unspecified atom stereocenters. The standard InChI is InChI=1S/C12H24N2O2/c1-4-14(9-12(2,3)16)11(15)10-7-5-6-8-13-10/h10,13,16H,4-9H2,1-3H3. The first kappa shape index (κ1) is 13.5. The minimum Gasteiger partial charge on any atom is -0.389 e. The summed E-state index contributed by atoms with van der Waals surface area (Å²) in [4.78, 5) is 13.9. The molecule has 94 valence electrons. The molecule has 0 saturated carbocycles. The number of likely N-dealkylation sites (N-methyl/N-ethyl adjacent to an activating group) is 1. The number of nitrogens with one attached hydrogen (secondary N) is 1. The lowest BCUT2D eigenvalue weighted by molar-refractivity contribution is -0.136. The zero-order valence-electron chi connectivity index (χ0n) is 10.6. The van der Waals surface area contributed by atoms with Crippen molar-refractivity contribution in [2.75, 3.05) is 19.6 Å². The maximum atomic E-state index is 12.2. The summed E-state index contributed by atoms with van der Waals surface area (Å²) in [5, 5.41) is 13.0. The van der Waals surface area contributed by atoms with Crippen molar-refractivity contribution >= 4 is 5.91 Å². The Morgan fingerprint density at radius 2 is 2.19 bits per heavy atom. The number of rotatable bonds is 4. The van der Waals surface area contributed by atoms with Crippen LogP contribution in [0.4, 0.5) is 0 Å². The molecule has 0 aliphatic carbocycles. The first-order chi connectivity index (χ1) is 7.44. The highest BCUT2D eigenvalue weighted by atomic mass is 16.3. The number of carbonyl (C=O) groups is 1. The van der Waals surface area contributed by atoms with Crippen molar-refractivity contribution in [2.45, 2.75) is 51.7 Å². The molecule has 4 heteroatoms. The van der Waals surface area contributed by atoms with Gasteiger partial charge in [-0.15, -0.1) is 0 Å². The third kappa shape index (κ3) is 4.10. The van der Waals surface area contributed by atoms with Crippen molar-refractivity contribution in [1.29, 1.82) is 0 Å². The van der Waals surface area contributed by atoms with Gasteiger partial charge in [0.1, 0.15) is 0 Å². The lowest BCUT2D eigenvalue weighted by Gasteiger charge is -2.32. The molecular weight excluding hydrogens is 204 g/mol. The van der Waals surface area contributed by atoms with Crippen molar-refractivity contribution in [1.82, 2.24) is 10.2 Å². The van der Waals surface area contributed by atoms with Gasteiger partial charge in [0.05, 0.1) is 11.6 Å². The van der Waals surface area contributed by atoms with Gasteiger partial charge in [0, 0.05) is 13.1 Å². The lowest BCUT2D eigenvalue weighted by Crippen LogP contribution is -2.51. The molecule has 0 aromatic carbocycles. The minimum absolute atomic E-state index is 0.0453. The van der Waals surface area contributed by atoms with E-state index in [0.717, 1.165) is 25.8 Å². The zero-order valence-corrected chi connectivity index (χ0v) is 10.6. The molecule has 0 radical (unpaired) electrons. The second-order valence-electron chi connectivity index (χ2n) is 5.17. The fraction of sp³-hybridized carbons (Fsp3) is 0.917. The van der Waals surface area contributed by atoms with Crippen molar-refractivity contribution in [3.05, 3.63) is 0 Å². The normalized spacial score (nSPS) is 21.9. The quantitative estimate of drug-likeness (QED) is 0.746. The number of carbonyl (C=O) groups excluding carboxylic acids is 1. The van der Waals surface area contributed by atoms with Gasteiger partial charge in [-0.1, -0.05) is 6.42 Å². The summed E-state index contributed by atoms with van der Waals surface area (Å²) in [6.45, 7) is 7.40. The highest BCUT2D eigenvalue weighted by molar-refractivity contribution is 5.82. The molecule has 2 N–H and O–H groups in total. The SMILES string of the molecule is CCN(CC(C)(C)O)C(=O)C1CCCCN1. The van der Waals surface area contributed by atoms with Crippen LogP contribution in [0.1, 0.15) is 40.0 Å². The number of hydrogen-bond acceptors (Lipinski definition) is 3. The summed E-state index contributed by atoms with van der Waals surface area (Å²) in [7, 11) is 0. The summed E-state index contributed by atoms with van der Waals surface area (Å²) in [6, 6.07) is -0.0453. The predicted octanol–water partition coefficient (Wildman–Crippen LogP) is 0.748. The largest absolute Gasteiger partial charge is 0.389 e. The molecule has 1 rings (SSSR count). The molecule has 1 aliphatic heterocycles. The van der Waals surface area contributed by atoms with Gasteiger partial charge in [0.25, 0.3) is 0 Å². The molecule has 0 aromatic heterocycles. The molecule has 1 atom stereocenters. The van der Waals surface area contributed by atoms with Gasteiger partial charge in [-0.25, -0.2) is 0 Å². The minimum atomic E-state index is -0.819. The Bertz CT molecular complexity index is 230. The third-order valence-electron chi connectivity index (χ3n) is 2.88. The van der Waals surface area contributed by atoms with Crippen LogP contribution >= 0.6 is 0 Å². The van der Waals surface area contributed by atoms with E-state index in [4.69, 9.17) is 0 Å². The average Bonchev–Trinajstić information content (AvgIpc) is 2.25. The first-order valence-electron chi connectivity index (χ1n) is 6.18. The van der Waals surface area contributed by atoms with Crippen LogP contribution in [0.3, 0.4) is 0 Å². The van der Waals surface area contributed by atoms with Crippen LogP contribution in [0.5, 0.6) is 0 Å². The van der Waals surface area contributed by atoms with E-state index in [9.17, 15) is 9.90 Å². The molecule has 1 fully saturated rings. The molecular formula is C12H24N2O2. The van der Waals surface area contributed by atoms with E-state index < -0.39 is 5.60 Å². The van der Waals surface area contributed by atoms with Gasteiger partial charge in [-0.2, -0.15) is 0 Å². The summed E-state index contributed by atoms with van der Waals surface area (Å²) in [6.07, 6.45) is 3.19. The summed E-state index contributed by atoms with van der Waals surface area (Å²) >= 11 is 0. The average molecular weight is 228 g/mol. The predicted molar refractivity (Wildman–Crippen MR) is 64.2 cm³/mol. The molecule has 1 amide bonds. The summed E-state index contributed by atoms with van der Waals surface area (Å²) < 4.78 is 0. The van der Waals surface area contributed by atoms with Crippen LogP contribution in [0.25, 0.3) is 0 Å². The molecule has 0 spiro atoms. The van der Waals surface area contributed by atoms with E-state index >= 15 is 0 Å². The van der Waals surface area contributed by atoms with Gasteiger partial charge in [0.2, 0.25) is 5.91 Å². The van der Waals surface area contributed by atoms with Crippen molar-refractivity contribution < 1.29 is 9.90 Å². The number of nitrogens with zero attached hydrogens (tertiary/aromatic N) is 1. The van der Waals surface area contributed by atoms with Crippen LogP contribution in [0, 0.1) is 0 Å². The highest BCUT2D eigenvalue weighted by Crippen LogP contribution is 2.12. The van der Waals surface area contributed by atoms with Crippen molar-refractivity contribution in [3.63, 3.8) is 0 Å². The van der Waals surface area contributed by atoms with Gasteiger partial charge in [-0.05, 0) is 40.2 Å². The van der Waals surface area contributed by atoms with E-state index in [2.05, 4.69) is 5.32 Å². The first-order valence-corrected chi connectivity index (χ1v) is 6.18. The lowest BCUT2D eigenvalue weighted by atomic mass is 10.0. The third-order valence-corrected chi connectivity index (χ3v) is 2.88. The number of piperidine rings is 1. The number of aliphatic hydroxyl groups is 1. The van der Waals surface area contributed by atoms with Gasteiger partial charge >= 0.3 is 0 Å². The van der Waals surface area contributed by atoms with E-state index in [1.54, 1.807) is 18.7 Å². The van der Waals surface area contributed by atoms with Gasteiger partial charge < -0.3 is 15.3 Å². The molecule has 1 heterocycles. The number of amides is 1. The molecule has 4 nitrogen and oxygen atoms in total. The molecule has 0 aromatic rings. The Labute approximate surface area is 98.0 Å². The van der Waals surface area contributed by atoms with E-state index in [1.165, 1.54) is 0 Å². The van der Waals surface area contributed by atoms with Gasteiger partial charge in [0.15, 0.2) is 0 Å². The van der Waals surface area contributed by atoms with Crippen LogP contribution in [-0.4, -0.2) is 47.2 Å². The van der Waals surface area contributed by atoms with E-state index in [1.807, 2.05) is 6.92 Å². The molecule has 1 saturated heterocycles. The highest BCUT2D eigenvalue weighted by Gasteiger charge is 2.27. The zero-order chi connectivity index (χ0) is 12.2. The Morgan fingerprint density at radius 1 is 1.50 bits per heavy atom. The van der Waals surface area contributed by atoms with Crippen molar-refractivity contribution in [3.8, 4) is 0 Å². The second-order valence-corrected chi connectivity index (χ2v) is 5.17. The summed E-state index contributed by atoms with van der Waals surface area (Å²) in [5.74, 6) is 0.129. The van der Waals surface area contributed by atoms with E-state index in [-0.39, 0.29) is 11.9 Å². The maximum absolute atomic E-state index is 12.2. The fourth-order valence-electron chi connectivity index (χ4n) is 2.10. The Kier molecular flexibility index (Phi) is 4.74. The topological polar surface area (TPSA) is 52.6 Å². The fourth-order valence-corrected chi connectivity index (χ4v) is 2.10. The number of hydrogen-bond donors (Lipinski definition) is 2. The second kappa shape index (κ2) is 5.64. The maximum Gasteiger partial charge on any atom is 0.239 e. The van der Waals surface area contributed by atoms with Crippen LogP contribution in [0.2, 0.25) is 0 Å². The Hall–Kier alpha value is -0.610. The summed E-state index contributed by atoms with van der Waals surface area (Å²) in [5.41, 5.74) is -0.819. The molecule has 16 heavy (non-hydrogen) atoms. The van der Waals surface area contributed by atoms with Crippen LogP contribution in [0.15, 0.2) is 0 Å². The van der Waals surface area contributed by atoms with Crippen LogP contribution in [-0.2, 0) is 4.79 Å². The van der Waals surface area contributed by atoms with E-state index in [0.29, 0.717) is 13.1 Å². The smallest absolute Gasteiger partial charge is 0.239 e. The molecule has 1 aliphatic rings.